The number of carbonyl (C=O) groups excluding carboxylic acids is 2. The van der Waals surface area contributed by atoms with E-state index in [1.807, 2.05) is 19.9 Å². The molecule has 0 saturated heterocycles. The van der Waals surface area contributed by atoms with Crippen molar-refractivity contribution in [3.63, 3.8) is 0 Å². The van der Waals surface area contributed by atoms with Crippen molar-refractivity contribution < 1.29 is 14.7 Å². The standard InChI is InChI=1S/C22H30O3/c1-13-9-15(11-16(23)10-13)20(25)19-14(2)17(24)12-18-21(3,4)7-6-8-22(18,19)5/h9-11,14,18-19,23H,6-8,12H2,1-5H3/t14-,18?,19?,22?/m1/s1. The minimum atomic E-state index is -0.306. The molecule has 1 N–H and O–H groups in total. The van der Waals surface area contributed by atoms with Crippen molar-refractivity contribution in [2.75, 3.05) is 0 Å². The van der Waals surface area contributed by atoms with Gasteiger partial charge in [0.15, 0.2) is 5.78 Å². The number of ketones is 2. The molecule has 0 amide bonds. The predicted molar refractivity (Wildman–Crippen MR) is 98.7 cm³/mol. The molecule has 0 spiro atoms. The summed E-state index contributed by atoms with van der Waals surface area (Å²) in [4.78, 5) is 26.2. The molecule has 0 heterocycles. The van der Waals surface area contributed by atoms with E-state index in [0.29, 0.717) is 12.0 Å². The smallest absolute Gasteiger partial charge is 0.167 e. The molecular formula is C22H30O3. The fraction of sp³-hybridized carbons (Fsp3) is 0.636. The fourth-order valence-electron chi connectivity index (χ4n) is 5.80. The van der Waals surface area contributed by atoms with Gasteiger partial charge in [0.1, 0.15) is 11.5 Å². The van der Waals surface area contributed by atoms with E-state index in [4.69, 9.17) is 0 Å². The van der Waals surface area contributed by atoms with Crippen LogP contribution in [-0.2, 0) is 4.79 Å². The third-order valence-corrected chi connectivity index (χ3v) is 7.03. The van der Waals surface area contributed by atoms with Crippen LogP contribution in [0.5, 0.6) is 5.75 Å². The van der Waals surface area contributed by atoms with Crippen molar-refractivity contribution in [3.8, 4) is 5.75 Å². The number of rotatable bonds is 2. The van der Waals surface area contributed by atoms with Gasteiger partial charge >= 0.3 is 0 Å². The van der Waals surface area contributed by atoms with Crippen LogP contribution in [0.2, 0.25) is 0 Å². The van der Waals surface area contributed by atoms with E-state index < -0.39 is 0 Å². The molecule has 2 fully saturated rings. The van der Waals surface area contributed by atoms with Gasteiger partial charge in [0.05, 0.1) is 0 Å². The maximum absolute atomic E-state index is 13.5. The first-order valence-electron chi connectivity index (χ1n) is 9.44. The van der Waals surface area contributed by atoms with Gasteiger partial charge in [-0.15, -0.1) is 0 Å². The van der Waals surface area contributed by atoms with E-state index >= 15 is 0 Å². The summed E-state index contributed by atoms with van der Waals surface area (Å²) in [6.07, 6.45) is 3.80. The van der Waals surface area contributed by atoms with Crippen molar-refractivity contribution >= 4 is 11.6 Å². The lowest BCUT2D eigenvalue weighted by Crippen LogP contribution is -2.56. The molecular weight excluding hydrogens is 312 g/mol. The van der Waals surface area contributed by atoms with Gasteiger partial charge in [0.25, 0.3) is 0 Å². The van der Waals surface area contributed by atoms with E-state index in [-0.39, 0.29) is 45.9 Å². The predicted octanol–water partition coefficient (Wildman–Crippen LogP) is 4.94. The highest BCUT2D eigenvalue weighted by Crippen LogP contribution is 2.60. The molecule has 3 unspecified atom stereocenters. The zero-order chi connectivity index (χ0) is 18.6. The van der Waals surface area contributed by atoms with Crippen LogP contribution < -0.4 is 0 Å². The Labute approximate surface area is 150 Å². The number of benzene rings is 1. The molecule has 2 aliphatic rings. The van der Waals surface area contributed by atoms with E-state index in [1.165, 1.54) is 0 Å². The molecule has 2 aliphatic carbocycles. The van der Waals surface area contributed by atoms with Gasteiger partial charge in [-0.1, -0.05) is 34.1 Å². The second kappa shape index (κ2) is 5.96. The van der Waals surface area contributed by atoms with Crippen LogP contribution in [0.15, 0.2) is 18.2 Å². The minimum absolute atomic E-state index is 0.0183. The van der Waals surface area contributed by atoms with Gasteiger partial charge in [-0.3, -0.25) is 9.59 Å². The van der Waals surface area contributed by atoms with Crippen LogP contribution >= 0.6 is 0 Å². The second-order valence-electron chi connectivity index (χ2n) is 9.26. The molecule has 1 aromatic carbocycles. The third kappa shape index (κ3) is 2.92. The Kier molecular flexibility index (Phi) is 4.33. The van der Waals surface area contributed by atoms with Gasteiger partial charge in [-0.25, -0.2) is 0 Å². The van der Waals surface area contributed by atoms with E-state index in [2.05, 4.69) is 20.8 Å². The molecule has 3 heteroatoms. The Morgan fingerprint density at radius 1 is 1.16 bits per heavy atom. The van der Waals surface area contributed by atoms with Crippen molar-refractivity contribution in [2.45, 2.75) is 60.3 Å². The van der Waals surface area contributed by atoms with Gasteiger partial charge < -0.3 is 5.11 Å². The highest BCUT2D eigenvalue weighted by Gasteiger charge is 2.58. The topological polar surface area (TPSA) is 54.4 Å². The van der Waals surface area contributed by atoms with Crippen LogP contribution in [0.25, 0.3) is 0 Å². The maximum Gasteiger partial charge on any atom is 0.167 e. The number of phenols is 1. The molecule has 0 aliphatic heterocycles. The number of hydrogen-bond donors (Lipinski definition) is 1. The average molecular weight is 342 g/mol. The van der Waals surface area contributed by atoms with Crippen LogP contribution in [0.3, 0.4) is 0 Å². The monoisotopic (exact) mass is 342 g/mol. The molecule has 4 atom stereocenters. The summed E-state index contributed by atoms with van der Waals surface area (Å²) in [5.74, 6) is 0.0240. The summed E-state index contributed by atoms with van der Waals surface area (Å²) in [6, 6.07) is 5.04. The average Bonchev–Trinajstić information content (AvgIpc) is 2.48. The molecule has 0 bridgehead atoms. The highest BCUT2D eigenvalue weighted by molar-refractivity contribution is 6.02. The normalized spacial score (nSPS) is 34.4. The van der Waals surface area contributed by atoms with Gasteiger partial charge in [-0.2, -0.15) is 0 Å². The van der Waals surface area contributed by atoms with Crippen molar-refractivity contribution in [1.82, 2.24) is 0 Å². The molecule has 2 saturated carbocycles. The molecule has 3 nitrogen and oxygen atoms in total. The first-order chi connectivity index (χ1) is 11.6. The highest BCUT2D eigenvalue weighted by atomic mass is 16.3. The molecule has 136 valence electrons. The van der Waals surface area contributed by atoms with Crippen molar-refractivity contribution in [1.29, 1.82) is 0 Å². The fourth-order valence-corrected chi connectivity index (χ4v) is 5.80. The van der Waals surface area contributed by atoms with E-state index in [0.717, 1.165) is 24.8 Å². The molecule has 0 radical (unpaired) electrons. The Bertz CT molecular complexity index is 698. The van der Waals surface area contributed by atoms with Crippen LogP contribution in [0.1, 0.15) is 69.3 Å². The number of carbonyl (C=O) groups is 2. The number of hydrogen-bond acceptors (Lipinski definition) is 3. The first kappa shape index (κ1) is 18.2. The minimum Gasteiger partial charge on any atom is -0.508 e. The van der Waals surface area contributed by atoms with E-state index in [1.54, 1.807) is 12.1 Å². The molecule has 25 heavy (non-hydrogen) atoms. The summed E-state index contributed by atoms with van der Waals surface area (Å²) in [7, 11) is 0. The van der Waals surface area contributed by atoms with Crippen LogP contribution in [-0.4, -0.2) is 16.7 Å². The Morgan fingerprint density at radius 3 is 2.48 bits per heavy atom. The largest absolute Gasteiger partial charge is 0.508 e. The Morgan fingerprint density at radius 2 is 1.84 bits per heavy atom. The lowest BCUT2D eigenvalue weighted by molar-refractivity contribution is -0.143. The van der Waals surface area contributed by atoms with E-state index in [9.17, 15) is 14.7 Å². The van der Waals surface area contributed by atoms with Gasteiger partial charge in [0.2, 0.25) is 0 Å². The third-order valence-electron chi connectivity index (χ3n) is 7.03. The SMILES string of the molecule is Cc1cc(O)cc(C(=O)C2[C@H](C)C(=O)CC3C(C)(C)CCCC23C)c1. The van der Waals surface area contributed by atoms with Crippen LogP contribution in [0, 0.1) is 35.5 Å². The zero-order valence-electron chi connectivity index (χ0n) is 16.1. The number of fused-ring (bicyclic) bond motifs is 1. The quantitative estimate of drug-likeness (QED) is 0.774. The Hall–Kier alpha value is -1.64. The van der Waals surface area contributed by atoms with Gasteiger partial charge in [0, 0.05) is 23.8 Å². The van der Waals surface area contributed by atoms with Crippen molar-refractivity contribution in [3.05, 3.63) is 29.3 Å². The number of aryl methyl sites for hydroxylation is 1. The number of aromatic hydroxyl groups is 1. The molecule has 1 aromatic rings. The van der Waals surface area contributed by atoms with Crippen LogP contribution in [0.4, 0.5) is 0 Å². The number of phenolic OH excluding ortho intramolecular Hbond substituents is 1. The number of Topliss-reactive ketones (excluding diaryl/α,β-unsaturated/α-hetero) is 2. The second-order valence-corrected chi connectivity index (χ2v) is 9.26. The summed E-state index contributed by atoms with van der Waals surface area (Å²) in [5.41, 5.74) is 1.32. The summed E-state index contributed by atoms with van der Waals surface area (Å²) in [6.45, 7) is 10.5. The Balaban J connectivity index is 2.08. The lowest BCUT2D eigenvalue weighted by atomic mass is 9.45. The zero-order valence-corrected chi connectivity index (χ0v) is 16.1. The lowest BCUT2D eigenvalue weighted by Gasteiger charge is -2.57. The van der Waals surface area contributed by atoms with Gasteiger partial charge in [-0.05, 0) is 60.3 Å². The maximum atomic E-state index is 13.5. The molecule has 3 rings (SSSR count). The summed E-state index contributed by atoms with van der Waals surface area (Å²) < 4.78 is 0. The summed E-state index contributed by atoms with van der Waals surface area (Å²) in [5, 5.41) is 9.92. The first-order valence-corrected chi connectivity index (χ1v) is 9.44. The summed E-state index contributed by atoms with van der Waals surface area (Å²) >= 11 is 0. The van der Waals surface area contributed by atoms with Crippen molar-refractivity contribution in [2.24, 2.45) is 28.6 Å². The molecule has 0 aromatic heterocycles.